The quantitative estimate of drug-likeness (QED) is 0.385. The number of rotatable bonds is 10. The summed E-state index contributed by atoms with van der Waals surface area (Å²) in [5.74, 6) is 2.18. The lowest BCUT2D eigenvalue weighted by atomic mass is 10.2. The summed E-state index contributed by atoms with van der Waals surface area (Å²) in [6.07, 6.45) is 3.32. The number of aryl methyl sites for hydroxylation is 1. The third-order valence-electron chi connectivity index (χ3n) is 3.97. The van der Waals surface area contributed by atoms with Crippen LogP contribution in [0.5, 0.6) is 5.75 Å². The number of aromatic nitrogens is 3. The van der Waals surface area contributed by atoms with Gasteiger partial charge in [-0.05, 0) is 42.8 Å². The molecular weight excluding hydrogens is 412 g/mol. The van der Waals surface area contributed by atoms with Gasteiger partial charge in [0.25, 0.3) is 0 Å². The van der Waals surface area contributed by atoms with Crippen molar-refractivity contribution < 1.29 is 13.9 Å². The molecule has 1 aromatic carbocycles. The number of hydrogen-bond acceptors (Lipinski definition) is 6. The molecule has 0 aliphatic heterocycles. The van der Waals surface area contributed by atoms with Gasteiger partial charge >= 0.3 is 0 Å². The highest BCUT2D eigenvalue weighted by Crippen LogP contribution is 2.23. The second-order valence-electron chi connectivity index (χ2n) is 6.14. The molecule has 0 aliphatic rings. The number of benzene rings is 1. The van der Waals surface area contributed by atoms with Crippen LogP contribution in [-0.4, -0.2) is 26.4 Å². The minimum absolute atomic E-state index is 0.117. The molecule has 29 heavy (non-hydrogen) atoms. The number of hydrogen-bond donors (Lipinski definition) is 1. The number of halogens is 1. The zero-order valence-corrected chi connectivity index (χ0v) is 17.5. The van der Waals surface area contributed by atoms with Crippen molar-refractivity contribution in [3.63, 3.8) is 0 Å². The summed E-state index contributed by atoms with van der Waals surface area (Å²) in [4.78, 5) is 12.1. The molecule has 0 bridgehead atoms. The number of amides is 1. The van der Waals surface area contributed by atoms with Crippen molar-refractivity contribution >= 4 is 29.3 Å². The van der Waals surface area contributed by atoms with Crippen molar-refractivity contribution in [1.29, 1.82) is 0 Å². The number of carbonyl (C=O) groups excluding carboxylic acids is 1. The molecule has 2 heterocycles. The fraction of sp³-hybridized carbons (Fsp3) is 0.250. The van der Waals surface area contributed by atoms with Gasteiger partial charge in [-0.3, -0.25) is 9.36 Å². The number of ether oxygens (including phenoxy) is 1. The number of carbonyl (C=O) groups is 1. The lowest BCUT2D eigenvalue weighted by Gasteiger charge is -2.11. The van der Waals surface area contributed by atoms with Crippen LogP contribution >= 0.6 is 23.4 Å². The zero-order valence-electron chi connectivity index (χ0n) is 15.9. The third kappa shape index (κ3) is 5.88. The summed E-state index contributed by atoms with van der Waals surface area (Å²) >= 11 is 7.29. The molecule has 0 saturated heterocycles. The maximum absolute atomic E-state index is 12.1. The van der Waals surface area contributed by atoms with Crippen LogP contribution in [0.1, 0.15) is 17.1 Å². The average Bonchev–Trinajstić information content (AvgIpc) is 3.35. The van der Waals surface area contributed by atoms with E-state index in [0.29, 0.717) is 34.9 Å². The van der Waals surface area contributed by atoms with Gasteiger partial charge in [0.05, 0.1) is 18.6 Å². The minimum Gasteiger partial charge on any atom is -0.485 e. The largest absolute Gasteiger partial charge is 0.485 e. The van der Waals surface area contributed by atoms with E-state index < -0.39 is 0 Å². The number of furan rings is 1. The fourth-order valence-corrected chi connectivity index (χ4v) is 3.57. The monoisotopic (exact) mass is 432 g/mol. The minimum atomic E-state index is -0.117. The van der Waals surface area contributed by atoms with Crippen LogP contribution < -0.4 is 10.1 Å². The molecule has 152 valence electrons. The lowest BCUT2D eigenvalue weighted by Crippen LogP contribution is -2.24. The molecule has 3 aromatic rings. The Morgan fingerprint density at radius 2 is 2.28 bits per heavy atom. The molecular formula is C20H21ClN4O3S. The van der Waals surface area contributed by atoms with Crippen molar-refractivity contribution in [3.05, 3.63) is 71.4 Å². The van der Waals surface area contributed by atoms with Crippen molar-refractivity contribution in [2.24, 2.45) is 0 Å². The molecule has 0 fully saturated rings. The molecule has 0 unspecified atom stereocenters. The van der Waals surface area contributed by atoms with Crippen molar-refractivity contribution in [2.45, 2.75) is 31.8 Å². The topological polar surface area (TPSA) is 82.2 Å². The Bertz CT molecular complexity index is 972. The molecule has 0 atom stereocenters. The first kappa shape index (κ1) is 21.0. The Hall–Kier alpha value is -2.71. The first-order valence-electron chi connectivity index (χ1n) is 8.90. The lowest BCUT2D eigenvalue weighted by molar-refractivity contribution is -0.118. The summed E-state index contributed by atoms with van der Waals surface area (Å²) in [6.45, 7) is 6.82. The van der Waals surface area contributed by atoms with E-state index in [-0.39, 0.29) is 18.3 Å². The second kappa shape index (κ2) is 10.2. The van der Waals surface area contributed by atoms with Gasteiger partial charge in [0.1, 0.15) is 18.1 Å². The SMILES string of the molecule is C=CCn1c(COc2ccc(Cl)cc2C)nnc1SCC(=O)NCc1ccco1. The first-order valence-corrected chi connectivity index (χ1v) is 10.3. The summed E-state index contributed by atoms with van der Waals surface area (Å²) in [7, 11) is 0. The molecule has 0 aliphatic carbocycles. The first-order chi connectivity index (χ1) is 14.1. The van der Waals surface area contributed by atoms with E-state index >= 15 is 0 Å². The summed E-state index contributed by atoms with van der Waals surface area (Å²) in [6, 6.07) is 9.03. The van der Waals surface area contributed by atoms with E-state index in [0.717, 1.165) is 11.3 Å². The van der Waals surface area contributed by atoms with Crippen LogP contribution in [0.15, 0.2) is 58.8 Å². The van der Waals surface area contributed by atoms with Crippen LogP contribution in [0.25, 0.3) is 0 Å². The Morgan fingerprint density at radius 1 is 1.41 bits per heavy atom. The maximum atomic E-state index is 12.1. The van der Waals surface area contributed by atoms with Gasteiger partial charge < -0.3 is 14.5 Å². The molecule has 1 N–H and O–H groups in total. The number of nitrogens with one attached hydrogen (secondary N) is 1. The number of nitrogens with zero attached hydrogens (tertiary/aromatic N) is 3. The van der Waals surface area contributed by atoms with Crippen LogP contribution in [0, 0.1) is 6.92 Å². The highest BCUT2D eigenvalue weighted by molar-refractivity contribution is 7.99. The van der Waals surface area contributed by atoms with E-state index in [9.17, 15) is 4.79 Å². The van der Waals surface area contributed by atoms with Gasteiger partial charge in [0.2, 0.25) is 5.91 Å². The molecule has 9 heteroatoms. The molecule has 2 aromatic heterocycles. The van der Waals surface area contributed by atoms with Crippen LogP contribution in [0.2, 0.25) is 5.02 Å². The van der Waals surface area contributed by atoms with Gasteiger partial charge in [0, 0.05) is 11.6 Å². The Labute approximate surface area is 178 Å². The highest BCUT2D eigenvalue weighted by atomic mass is 35.5. The van der Waals surface area contributed by atoms with Gasteiger partial charge in [-0.1, -0.05) is 29.4 Å². The van der Waals surface area contributed by atoms with E-state index in [1.54, 1.807) is 24.5 Å². The zero-order chi connectivity index (χ0) is 20.6. The third-order valence-corrected chi connectivity index (χ3v) is 5.17. The van der Waals surface area contributed by atoms with Gasteiger partial charge in [-0.25, -0.2) is 0 Å². The standard InChI is InChI=1S/C20H21ClN4O3S/c1-3-8-25-18(12-28-17-7-6-15(21)10-14(17)2)23-24-20(25)29-13-19(26)22-11-16-5-4-9-27-16/h3-7,9-10H,1,8,11-13H2,2H3,(H,22,26). The summed E-state index contributed by atoms with van der Waals surface area (Å²) in [5, 5.41) is 12.5. The Kier molecular flexibility index (Phi) is 7.37. The van der Waals surface area contributed by atoms with E-state index in [2.05, 4.69) is 22.1 Å². The normalized spacial score (nSPS) is 10.7. The predicted octanol–water partition coefficient (Wildman–Crippen LogP) is 4.01. The number of allylic oxidation sites excluding steroid dienone is 1. The second-order valence-corrected chi connectivity index (χ2v) is 7.52. The van der Waals surface area contributed by atoms with Gasteiger partial charge in [-0.15, -0.1) is 16.8 Å². The Morgan fingerprint density at radius 3 is 3.00 bits per heavy atom. The van der Waals surface area contributed by atoms with Crippen molar-refractivity contribution in [2.75, 3.05) is 5.75 Å². The summed E-state index contributed by atoms with van der Waals surface area (Å²) in [5.41, 5.74) is 0.940. The van der Waals surface area contributed by atoms with Crippen molar-refractivity contribution in [1.82, 2.24) is 20.1 Å². The number of thioether (sulfide) groups is 1. The molecule has 3 rings (SSSR count). The molecule has 0 spiro atoms. The van der Waals surface area contributed by atoms with Crippen LogP contribution in [0.4, 0.5) is 0 Å². The fourth-order valence-electron chi connectivity index (χ4n) is 2.54. The van der Waals surface area contributed by atoms with E-state index in [1.165, 1.54) is 11.8 Å². The molecule has 0 radical (unpaired) electrons. The highest BCUT2D eigenvalue weighted by Gasteiger charge is 2.14. The van der Waals surface area contributed by atoms with Crippen molar-refractivity contribution in [3.8, 4) is 5.75 Å². The van der Waals surface area contributed by atoms with Crippen LogP contribution in [0.3, 0.4) is 0 Å². The van der Waals surface area contributed by atoms with Gasteiger partial charge in [0.15, 0.2) is 11.0 Å². The smallest absolute Gasteiger partial charge is 0.230 e. The molecule has 7 nitrogen and oxygen atoms in total. The molecule has 0 saturated carbocycles. The summed E-state index contributed by atoms with van der Waals surface area (Å²) < 4.78 is 12.9. The average molecular weight is 433 g/mol. The van der Waals surface area contributed by atoms with E-state index in [1.807, 2.05) is 29.7 Å². The van der Waals surface area contributed by atoms with Gasteiger partial charge in [-0.2, -0.15) is 0 Å². The predicted molar refractivity (Wildman–Crippen MR) is 112 cm³/mol. The maximum Gasteiger partial charge on any atom is 0.230 e. The molecule has 1 amide bonds. The van der Waals surface area contributed by atoms with E-state index in [4.69, 9.17) is 20.8 Å². The Balaban J connectivity index is 1.58. The van der Waals surface area contributed by atoms with Crippen LogP contribution in [-0.2, 0) is 24.5 Å².